The first-order chi connectivity index (χ1) is 13.9. The normalized spacial score (nSPS) is 18.0. The van der Waals surface area contributed by atoms with Crippen LogP contribution in [0.25, 0.3) is 0 Å². The van der Waals surface area contributed by atoms with Crippen LogP contribution in [0.4, 0.5) is 10.1 Å². The Bertz CT molecular complexity index is 1110. The van der Waals surface area contributed by atoms with Gasteiger partial charge in [0.05, 0.1) is 38.6 Å². The third kappa shape index (κ3) is 3.40. The van der Waals surface area contributed by atoms with Gasteiger partial charge in [-0.05, 0) is 25.1 Å². The first-order valence-electron chi connectivity index (χ1n) is 8.73. The molecule has 2 aromatic heterocycles. The second kappa shape index (κ2) is 6.97. The van der Waals surface area contributed by atoms with Gasteiger partial charge in [-0.3, -0.25) is 9.79 Å². The van der Waals surface area contributed by atoms with Gasteiger partial charge in [-0.25, -0.2) is 19.3 Å². The van der Waals surface area contributed by atoms with E-state index in [1.807, 2.05) is 4.57 Å². The van der Waals surface area contributed by atoms with Gasteiger partial charge in [0, 0.05) is 11.3 Å². The number of amidine groups is 1. The van der Waals surface area contributed by atoms with Crippen LogP contribution in [0.3, 0.4) is 0 Å². The summed E-state index contributed by atoms with van der Waals surface area (Å²) in [6.07, 6.45) is 5.88. The third-order valence-corrected chi connectivity index (χ3v) is 4.69. The second-order valence-electron chi connectivity index (χ2n) is 6.77. The highest BCUT2D eigenvalue weighted by molar-refractivity contribution is 6.02. The first-order valence-corrected chi connectivity index (χ1v) is 8.73. The zero-order chi connectivity index (χ0) is 20.6. The fourth-order valence-electron chi connectivity index (χ4n) is 3.25. The number of imidazole rings is 1. The number of nitrogens with one attached hydrogen (secondary N) is 1. The van der Waals surface area contributed by atoms with E-state index in [1.165, 1.54) is 31.6 Å². The minimum Gasteiger partial charge on any atom is -0.480 e. The maximum atomic E-state index is 14.7. The first kappa shape index (κ1) is 18.5. The van der Waals surface area contributed by atoms with Gasteiger partial charge in [0.2, 0.25) is 5.88 Å². The van der Waals surface area contributed by atoms with Gasteiger partial charge >= 0.3 is 0 Å². The maximum Gasteiger partial charge on any atom is 0.275 e. The minimum atomic E-state index is -0.956. The van der Waals surface area contributed by atoms with Gasteiger partial charge in [0.1, 0.15) is 28.6 Å². The molecule has 1 aromatic carbocycles. The van der Waals surface area contributed by atoms with Crippen molar-refractivity contribution in [3.8, 4) is 5.88 Å². The molecular formula is C19H18FN7O2. The molecule has 0 saturated heterocycles. The summed E-state index contributed by atoms with van der Waals surface area (Å²) in [5.41, 5.74) is 6.58. The van der Waals surface area contributed by atoms with Crippen molar-refractivity contribution in [1.82, 2.24) is 19.5 Å². The van der Waals surface area contributed by atoms with Crippen LogP contribution in [-0.2, 0) is 12.1 Å². The number of methoxy groups -OCH3 is 1. The Morgan fingerprint density at radius 1 is 1.31 bits per heavy atom. The number of rotatable bonds is 4. The standard InChI is InChI=1S/C19H18FN7O2/c1-19(9-27-10-22-7-15(27)17(21)26-19)12-5-11(3-4-13(12)20)25-18(28)14-6-24-16(29-2)8-23-14/h3-8,10H,9H2,1-2H3,(H2,21,26)(H,25,28). The Morgan fingerprint density at radius 3 is 2.86 bits per heavy atom. The zero-order valence-corrected chi connectivity index (χ0v) is 15.8. The van der Waals surface area contributed by atoms with Gasteiger partial charge in [-0.15, -0.1) is 0 Å². The van der Waals surface area contributed by atoms with Crippen molar-refractivity contribution >= 4 is 17.4 Å². The van der Waals surface area contributed by atoms with Crippen LogP contribution in [0.2, 0.25) is 0 Å². The van der Waals surface area contributed by atoms with Crippen LogP contribution in [0.1, 0.15) is 28.7 Å². The molecule has 1 aliphatic heterocycles. The van der Waals surface area contributed by atoms with E-state index < -0.39 is 17.3 Å². The number of carbonyl (C=O) groups is 1. The van der Waals surface area contributed by atoms with E-state index >= 15 is 0 Å². The second-order valence-corrected chi connectivity index (χ2v) is 6.77. The smallest absolute Gasteiger partial charge is 0.275 e. The zero-order valence-electron chi connectivity index (χ0n) is 15.8. The summed E-state index contributed by atoms with van der Waals surface area (Å²) in [4.78, 5) is 29.0. The van der Waals surface area contributed by atoms with E-state index in [0.29, 0.717) is 29.4 Å². The molecule has 3 aromatic rings. The van der Waals surface area contributed by atoms with E-state index in [2.05, 4.69) is 25.3 Å². The summed E-state index contributed by atoms with van der Waals surface area (Å²) >= 11 is 0. The van der Waals surface area contributed by atoms with Crippen LogP contribution >= 0.6 is 0 Å². The van der Waals surface area contributed by atoms with E-state index in [1.54, 1.807) is 25.5 Å². The molecule has 1 aliphatic rings. The largest absolute Gasteiger partial charge is 0.480 e. The van der Waals surface area contributed by atoms with Gasteiger partial charge in [-0.2, -0.15) is 0 Å². The molecule has 0 aliphatic carbocycles. The van der Waals surface area contributed by atoms with Crippen LogP contribution in [0.5, 0.6) is 5.88 Å². The summed E-state index contributed by atoms with van der Waals surface area (Å²) in [5, 5.41) is 2.70. The highest BCUT2D eigenvalue weighted by atomic mass is 19.1. The number of hydrogen-bond donors (Lipinski definition) is 2. The molecule has 4 rings (SSSR count). The number of nitrogens with two attached hydrogens (primary N) is 1. The SMILES string of the molecule is COc1cnc(C(=O)Nc2ccc(F)c(C3(C)Cn4cncc4C(N)=N3)c2)cn1. The lowest BCUT2D eigenvalue weighted by Gasteiger charge is -2.32. The molecule has 1 unspecified atom stereocenters. The van der Waals surface area contributed by atoms with Crippen molar-refractivity contribution in [3.63, 3.8) is 0 Å². The van der Waals surface area contributed by atoms with Crippen molar-refractivity contribution in [2.75, 3.05) is 12.4 Å². The number of aliphatic imine (C=N–C) groups is 1. The number of benzene rings is 1. The minimum absolute atomic E-state index is 0.103. The molecule has 1 atom stereocenters. The average Bonchev–Trinajstić information content (AvgIpc) is 3.18. The molecular weight excluding hydrogens is 377 g/mol. The Labute approximate surface area is 165 Å². The number of amides is 1. The van der Waals surface area contributed by atoms with Crippen molar-refractivity contribution in [1.29, 1.82) is 0 Å². The van der Waals surface area contributed by atoms with Gasteiger partial charge < -0.3 is 20.4 Å². The van der Waals surface area contributed by atoms with Crippen LogP contribution in [-0.4, -0.2) is 38.4 Å². The van der Waals surface area contributed by atoms with Gasteiger partial charge in [0.25, 0.3) is 5.91 Å². The summed E-state index contributed by atoms with van der Waals surface area (Å²) < 4.78 is 21.4. The highest BCUT2D eigenvalue weighted by Gasteiger charge is 2.34. The summed E-state index contributed by atoms with van der Waals surface area (Å²) in [5.74, 6) is -0.356. The molecule has 9 nitrogen and oxygen atoms in total. The molecule has 148 valence electrons. The Balaban J connectivity index is 1.62. The molecule has 10 heteroatoms. The van der Waals surface area contributed by atoms with Crippen molar-refractivity contribution < 1.29 is 13.9 Å². The maximum absolute atomic E-state index is 14.7. The highest BCUT2D eigenvalue weighted by Crippen LogP contribution is 2.34. The molecule has 0 fully saturated rings. The number of ether oxygens (including phenoxy) is 1. The Hall–Kier alpha value is -3.82. The summed E-state index contributed by atoms with van der Waals surface area (Å²) in [7, 11) is 1.46. The number of fused-ring (bicyclic) bond motifs is 1. The van der Waals surface area contributed by atoms with Crippen LogP contribution < -0.4 is 15.8 Å². The van der Waals surface area contributed by atoms with E-state index in [-0.39, 0.29) is 11.5 Å². The number of carbonyl (C=O) groups excluding carboxylic acids is 1. The number of aromatic nitrogens is 4. The third-order valence-electron chi connectivity index (χ3n) is 4.69. The molecule has 0 spiro atoms. The van der Waals surface area contributed by atoms with Gasteiger partial charge in [0.15, 0.2) is 0 Å². The Kier molecular flexibility index (Phi) is 4.45. The van der Waals surface area contributed by atoms with Crippen molar-refractivity contribution in [2.45, 2.75) is 19.0 Å². The predicted octanol–water partition coefficient (Wildman–Crippen LogP) is 1.71. The number of halogens is 1. The molecule has 29 heavy (non-hydrogen) atoms. The lowest BCUT2D eigenvalue weighted by atomic mass is 9.90. The molecule has 0 bridgehead atoms. The molecule has 3 N–H and O–H groups in total. The number of nitrogens with zero attached hydrogens (tertiary/aromatic N) is 5. The van der Waals surface area contributed by atoms with Gasteiger partial charge in [-0.1, -0.05) is 0 Å². The number of anilines is 1. The molecule has 1 amide bonds. The van der Waals surface area contributed by atoms with Crippen molar-refractivity contribution in [2.24, 2.45) is 10.7 Å². The predicted molar refractivity (Wildman–Crippen MR) is 103 cm³/mol. The Morgan fingerprint density at radius 2 is 2.14 bits per heavy atom. The fraction of sp³-hybridized carbons (Fsp3) is 0.211. The van der Waals surface area contributed by atoms with E-state index in [0.717, 1.165) is 0 Å². The van der Waals surface area contributed by atoms with E-state index in [9.17, 15) is 9.18 Å². The number of hydrogen-bond acceptors (Lipinski definition) is 7. The average molecular weight is 395 g/mol. The monoisotopic (exact) mass is 395 g/mol. The quantitative estimate of drug-likeness (QED) is 0.694. The lowest BCUT2D eigenvalue weighted by molar-refractivity contribution is 0.102. The summed E-state index contributed by atoms with van der Waals surface area (Å²) in [6.45, 7) is 2.14. The summed E-state index contributed by atoms with van der Waals surface area (Å²) in [6, 6.07) is 4.30. The van der Waals surface area contributed by atoms with E-state index in [4.69, 9.17) is 10.5 Å². The molecule has 3 heterocycles. The molecule has 0 saturated carbocycles. The van der Waals surface area contributed by atoms with Crippen LogP contribution in [0, 0.1) is 5.82 Å². The van der Waals surface area contributed by atoms with Crippen LogP contribution in [0.15, 0.2) is 48.1 Å². The van der Waals surface area contributed by atoms with Crippen molar-refractivity contribution in [3.05, 3.63) is 65.9 Å². The lowest BCUT2D eigenvalue weighted by Crippen LogP contribution is -2.37. The molecule has 0 radical (unpaired) electrons. The fourth-order valence-corrected chi connectivity index (χ4v) is 3.25. The topological polar surface area (TPSA) is 120 Å².